The summed E-state index contributed by atoms with van der Waals surface area (Å²) in [5, 5.41) is 12.7. The molecule has 4 aromatic rings. The minimum absolute atomic E-state index is 0.221. The molecule has 1 aromatic carbocycles. The third kappa shape index (κ3) is 2.97. The number of carbonyl (C=O) groups is 1. The monoisotopic (exact) mass is 360 g/mol. The smallest absolute Gasteiger partial charge is 0.257 e. The summed E-state index contributed by atoms with van der Waals surface area (Å²) in [6, 6.07) is 11.4. The molecule has 0 radical (unpaired) electrons. The van der Waals surface area contributed by atoms with Crippen LogP contribution in [0, 0.1) is 20.8 Å². The number of aromatic nitrogens is 5. The van der Waals surface area contributed by atoms with Crippen molar-refractivity contribution in [1.29, 1.82) is 0 Å². The summed E-state index contributed by atoms with van der Waals surface area (Å²) in [6.45, 7) is 5.84. The zero-order valence-corrected chi connectivity index (χ0v) is 15.7. The topological polar surface area (TPSA) is 77.6 Å². The average molecular weight is 360 g/mol. The molecule has 27 heavy (non-hydrogen) atoms. The normalized spacial score (nSPS) is 11.1. The predicted octanol–water partition coefficient (Wildman–Crippen LogP) is 3.33. The molecule has 136 valence electrons. The lowest BCUT2D eigenvalue weighted by Crippen LogP contribution is -2.15. The van der Waals surface area contributed by atoms with E-state index in [1.807, 2.05) is 68.9 Å². The van der Waals surface area contributed by atoms with Gasteiger partial charge in [-0.25, -0.2) is 9.67 Å². The van der Waals surface area contributed by atoms with Gasteiger partial charge in [0.1, 0.15) is 0 Å². The molecule has 1 amide bonds. The molecule has 0 atom stereocenters. The van der Waals surface area contributed by atoms with E-state index in [4.69, 9.17) is 0 Å². The van der Waals surface area contributed by atoms with Crippen LogP contribution in [0.15, 0.2) is 42.6 Å². The van der Waals surface area contributed by atoms with E-state index in [1.54, 1.807) is 10.9 Å². The van der Waals surface area contributed by atoms with Crippen LogP contribution < -0.4 is 5.32 Å². The summed E-state index contributed by atoms with van der Waals surface area (Å²) in [5.41, 5.74) is 5.53. The van der Waals surface area contributed by atoms with E-state index in [2.05, 4.69) is 20.5 Å². The molecule has 0 fully saturated rings. The molecule has 0 spiro atoms. The summed E-state index contributed by atoms with van der Waals surface area (Å²) in [4.78, 5) is 17.2. The van der Waals surface area contributed by atoms with Gasteiger partial charge in [-0.3, -0.25) is 9.48 Å². The van der Waals surface area contributed by atoms with Crippen molar-refractivity contribution in [2.75, 3.05) is 5.32 Å². The van der Waals surface area contributed by atoms with Crippen molar-refractivity contribution in [3.05, 3.63) is 65.2 Å². The zero-order valence-electron chi connectivity index (χ0n) is 15.7. The van der Waals surface area contributed by atoms with Gasteiger partial charge >= 0.3 is 0 Å². The lowest BCUT2D eigenvalue weighted by molar-refractivity contribution is 0.102. The molecular weight excluding hydrogens is 340 g/mol. The SMILES string of the molecule is Cc1cc(C)n(-c2ccccc2NC(=O)c2cnc3c(c2)c(C)nn3C)n1. The second-order valence-corrected chi connectivity index (χ2v) is 6.61. The number of hydrogen-bond donors (Lipinski definition) is 1. The van der Waals surface area contributed by atoms with Crippen molar-refractivity contribution in [3.8, 4) is 5.69 Å². The van der Waals surface area contributed by atoms with E-state index >= 15 is 0 Å². The number of carbonyl (C=O) groups excluding carboxylic acids is 1. The molecule has 7 heteroatoms. The molecule has 4 rings (SSSR count). The number of amides is 1. The molecular formula is C20H20N6O. The summed E-state index contributed by atoms with van der Waals surface area (Å²) in [7, 11) is 1.84. The minimum Gasteiger partial charge on any atom is -0.320 e. The van der Waals surface area contributed by atoms with Crippen LogP contribution in [-0.2, 0) is 7.05 Å². The number of nitrogens with zero attached hydrogens (tertiary/aromatic N) is 5. The van der Waals surface area contributed by atoms with Crippen molar-refractivity contribution in [2.45, 2.75) is 20.8 Å². The number of benzene rings is 1. The standard InChI is InChI=1S/C20H20N6O/c1-12-9-13(2)26(23-12)18-8-6-5-7-17(18)22-20(27)15-10-16-14(3)24-25(4)19(16)21-11-15/h5-11H,1-4H3,(H,22,27). The van der Waals surface area contributed by atoms with Gasteiger partial charge < -0.3 is 5.32 Å². The molecule has 1 N–H and O–H groups in total. The maximum atomic E-state index is 12.8. The van der Waals surface area contributed by atoms with Crippen LogP contribution in [0.4, 0.5) is 5.69 Å². The van der Waals surface area contributed by atoms with Crippen LogP contribution in [0.3, 0.4) is 0 Å². The second-order valence-electron chi connectivity index (χ2n) is 6.61. The fourth-order valence-corrected chi connectivity index (χ4v) is 3.26. The van der Waals surface area contributed by atoms with Gasteiger partial charge in [0.05, 0.1) is 28.3 Å². The van der Waals surface area contributed by atoms with Crippen molar-refractivity contribution in [1.82, 2.24) is 24.5 Å². The molecule has 0 bridgehead atoms. The van der Waals surface area contributed by atoms with Gasteiger partial charge in [0.2, 0.25) is 0 Å². The molecule has 7 nitrogen and oxygen atoms in total. The molecule has 0 saturated carbocycles. The lowest BCUT2D eigenvalue weighted by atomic mass is 10.2. The number of rotatable bonds is 3. The van der Waals surface area contributed by atoms with Gasteiger partial charge in [0, 0.05) is 24.3 Å². The maximum Gasteiger partial charge on any atom is 0.257 e. The Morgan fingerprint density at radius 2 is 1.85 bits per heavy atom. The first-order valence-corrected chi connectivity index (χ1v) is 8.67. The fraction of sp³-hybridized carbons (Fsp3) is 0.200. The Balaban J connectivity index is 1.70. The first kappa shape index (κ1) is 17.0. The zero-order chi connectivity index (χ0) is 19.1. The third-order valence-corrected chi connectivity index (χ3v) is 4.52. The van der Waals surface area contributed by atoms with Gasteiger partial charge in [0.25, 0.3) is 5.91 Å². The highest BCUT2D eigenvalue weighted by molar-refractivity contribution is 6.06. The highest BCUT2D eigenvalue weighted by atomic mass is 16.1. The number of pyridine rings is 1. The number of hydrogen-bond acceptors (Lipinski definition) is 4. The summed E-state index contributed by atoms with van der Waals surface area (Å²) in [5.74, 6) is -0.221. The minimum atomic E-state index is -0.221. The Labute approximate surface area is 156 Å². The lowest BCUT2D eigenvalue weighted by Gasteiger charge is -2.12. The van der Waals surface area contributed by atoms with Crippen LogP contribution in [0.25, 0.3) is 16.7 Å². The highest BCUT2D eigenvalue weighted by Gasteiger charge is 2.15. The van der Waals surface area contributed by atoms with Gasteiger partial charge in [-0.2, -0.15) is 10.2 Å². The summed E-state index contributed by atoms with van der Waals surface area (Å²) in [6.07, 6.45) is 1.57. The van der Waals surface area contributed by atoms with E-state index in [1.165, 1.54) is 0 Å². The first-order chi connectivity index (χ1) is 12.9. The predicted molar refractivity (Wildman–Crippen MR) is 104 cm³/mol. The van der Waals surface area contributed by atoms with Gasteiger partial charge in [-0.1, -0.05) is 12.1 Å². The van der Waals surface area contributed by atoms with E-state index in [0.29, 0.717) is 11.3 Å². The second kappa shape index (κ2) is 6.35. The fourth-order valence-electron chi connectivity index (χ4n) is 3.26. The van der Waals surface area contributed by atoms with Crippen LogP contribution in [-0.4, -0.2) is 30.5 Å². The number of anilines is 1. The Morgan fingerprint density at radius 3 is 2.59 bits per heavy atom. The first-order valence-electron chi connectivity index (χ1n) is 8.67. The molecule has 0 aliphatic rings. The Hall–Kier alpha value is -3.48. The summed E-state index contributed by atoms with van der Waals surface area (Å²) >= 11 is 0. The molecule has 3 aromatic heterocycles. The Kier molecular flexibility index (Phi) is 3.99. The van der Waals surface area contributed by atoms with E-state index in [9.17, 15) is 4.79 Å². The van der Waals surface area contributed by atoms with Crippen molar-refractivity contribution < 1.29 is 4.79 Å². The van der Waals surface area contributed by atoms with E-state index in [-0.39, 0.29) is 5.91 Å². The van der Waals surface area contributed by atoms with Gasteiger partial charge in [-0.05, 0) is 45.0 Å². The van der Waals surface area contributed by atoms with E-state index < -0.39 is 0 Å². The number of aryl methyl sites for hydroxylation is 4. The van der Waals surface area contributed by atoms with Crippen molar-refractivity contribution in [3.63, 3.8) is 0 Å². The molecule has 0 aliphatic heterocycles. The molecule has 0 aliphatic carbocycles. The number of nitrogens with one attached hydrogen (secondary N) is 1. The van der Waals surface area contributed by atoms with Crippen LogP contribution in [0.5, 0.6) is 0 Å². The van der Waals surface area contributed by atoms with Crippen LogP contribution in [0.2, 0.25) is 0 Å². The quantitative estimate of drug-likeness (QED) is 0.608. The average Bonchev–Trinajstić information content (AvgIpc) is 3.13. The summed E-state index contributed by atoms with van der Waals surface area (Å²) < 4.78 is 3.54. The number of para-hydroxylation sites is 2. The molecule has 0 unspecified atom stereocenters. The van der Waals surface area contributed by atoms with Crippen molar-refractivity contribution >= 4 is 22.6 Å². The van der Waals surface area contributed by atoms with Gasteiger partial charge in [-0.15, -0.1) is 0 Å². The maximum absolute atomic E-state index is 12.8. The van der Waals surface area contributed by atoms with Gasteiger partial charge in [0.15, 0.2) is 5.65 Å². The van der Waals surface area contributed by atoms with E-state index in [0.717, 1.165) is 33.8 Å². The highest BCUT2D eigenvalue weighted by Crippen LogP contribution is 2.23. The third-order valence-electron chi connectivity index (χ3n) is 4.52. The number of fused-ring (bicyclic) bond motifs is 1. The largest absolute Gasteiger partial charge is 0.320 e. The Bertz CT molecular complexity index is 1170. The molecule has 0 saturated heterocycles. The van der Waals surface area contributed by atoms with Crippen molar-refractivity contribution in [2.24, 2.45) is 7.05 Å². The Morgan fingerprint density at radius 1 is 1.07 bits per heavy atom. The van der Waals surface area contributed by atoms with Crippen LogP contribution >= 0.6 is 0 Å². The molecule has 3 heterocycles. The van der Waals surface area contributed by atoms with Crippen LogP contribution in [0.1, 0.15) is 27.4 Å².